The second-order valence-electron chi connectivity index (χ2n) is 4.12. The molecule has 1 aromatic carbocycles. The number of hydrogen-bond donors (Lipinski definition) is 2. The maximum atomic E-state index is 12.0. The van der Waals surface area contributed by atoms with Crippen LogP contribution in [-0.2, 0) is 9.59 Å². The molecule has 0 aliphatic carbocycles. The summed E-state index contributed by atoms with van der Waals surface area (Å²) in [7, 11) is 1.45. The predicted octanol–water partition coefficient (Wildman–Crippen LogP) is 2.22. The number of benzene rings is 1. The van der Waals surface area contributed by atoms with E-state index in [1.807, 2.05) is 0 Å². The van der Waals surface area contributed by atoms with Gasteiger partial charge in [0.25, 0.3) is 0 Å². The van der Waals surface area contributed by atoms with Crippen LogP contribution in [0.3, 0.4) is 0 Å². The number of ether oxygens (including phenoxy) is 1. The zero-order valence-electron chi connectivity index (χ0n) is 10.1. The third-order valence-electron chi connectivity index (χ3n) is 2.78. The van der Waals surface area contributed by atoms with Gasteiger partial charge in [-0.3, -0.25) is 9.59 Å². The summed E-state index contributed by atoms with van der Waals surface area (Å²) >= 11 is 11.9. The summed E-state index contributed by atoms with van der Waals surface area (Å²) in [5, 5.41) is 5.93. The van der Waals surface area contributed by atoms with E-state index in [9.17, 15) is 9.59 Å². The summed E-state index contributed by atoms with van der Waals surface area (Å²) in [4.78, 5) is 23.1. The molecule has 1 heterocycles. The molecule has 1 fully saturated rings. The van der Waals surface area contributed by atoms with Crippen molar-refractivity contribution >= 4 is 40.7 Å². The summed E-state index contributed by atoms with van der Waals surface area (Å²) in [6, 6.07) is 2.53. The van der Waals surface area contributed by atoms with Gasteiger partial charge < -0.3 is 15.4 Å². The molecule has 1 unspecified atom stereocenters. The van der Waals surface area contributed by atoms with Crippen LogP contribution in [-0.4, -0.2) is 25.0 Å². The van der Waals surface area contributed by atoms with Gasteiger partial charge in [-0.2, -0.15) is 0 Å². The molecule has 1 atom stereocenters. The Labute approximate surface area is 120 Å². The largest absolute Gasteiger partial charge is 0.493 e. The van der Waals surface area contributed by atoms with E-state index in [0.29, 0.717) is 34.3 Å². The van der Waals surface area contributed by atoms with Gasteiger partial charge in [0.2, 0.25) is 11.8 Å². The molecule has 19 heavy (non-hydrogen) atoms. The third-order valence-corrected chi connectivity index (χ3v) is 3.28. The molecule has 1 aliphatic rings. The monoisotopic (exact) mass is 302 g/mol. The fraction of sp³-hybridized carbons (Fsp3) is 0.333. The summed E-state index contributed by atoms with van der Waals surface area (Å²) in [5.74, 6) is -0.109. The summed E-state index contributed by atoms with van der Waals surface area (Å²) in [6.07, 6.45) is 0.826. The average Bonchev–Trinajstić information content (AvgIpc) is 2.75. The second-order valence-corrected chi connectivity index (χ2v) is 4.96. The zero-order chi connectivity index (χ0) is 14.0. The lowest BCUT2D eigenvalue weighted by Gasteiger charge is -2.15. The number of nitrogens with one attached hydrogen (secondary N) is 2. The van der Waals surface area contributed by atoms with Crippen LogP contribution >= 0.6 is 23.2 Å². The maximum Gasteiger partial charge on any atom is 0.247 e. The molecule has 1 aromatic rings. The minimum atomic E-state index is -0.532. The maximum absolute atomic E-state index is 12.0. The number of rotatable bonds is 3. The van der Waals surface area contributed by atoms with Crippen molar-refractivity contribution in [1.29, 1.82) is 0 Å². The molecule has 1 saturated heterocycles. The third kappa shape index (κ3) is 3.11. The Kier molecular flexibility index (Phi) is 4.17. The van der Waals surface area contributed by atoms with Gasteiger partial charge in [-0.1, -0.05) is 23.2 Å². The van der Waals surface area contributed by atoms with Crippen molar-refractivity contribution in [2.45, 2.75) is 18.9 Å². The van der Waals surface area contributed by atoms with E-state index in [1.54, 1.807) is 6.07 Å². The Morgan fingerprint density at radius 3 is 2.79 bits per heavy atom. The summed E-state index contributed by atoms with van der Waals surface area (Å²) < 4.78 is 5.12. The molecule has 2 amide bonds. The van der Waals surface area contributed by atoms with E-state index in [2.05, 4.69) is 10.6 Å². The van der Waals surface area contributed by atoms with E-state index in [1.165, 1.54) is 13.2 Å². The predicted molar refractivity (Wildman–Crippen MR) is 72.8 cm³/mol. The standard InChI is InChI=1S/C12H12Cl2N2O3/c1-19-11-7(14)4-6(13)5-9(11)16-12(18)8-2-3-10(17)15-8/h4-5,8H,2-3H2,1H3,(H,15,17)(H,16,18). The van der Waals surface area contributed by atoms with Crippen molar-refractivity contribution in [3.63, 3.8) is 0 Å². The number of carbonyl (C=O) groups excluding carboxylic acids is 2. The Bertz CT molecular complexity index is 534. The highest BCUT2D eigenvalue weighted by Gasteiger charge is 2.28. The van der Waals surface area contributed by atoms with Gasteiger partial charge in [0.05, 0.1) is 17.8 Å². The molecule has 7 heteroatoms. The Morgan fingerprint density at radius 2 is 2.21 bits per heavy atom. The molecule has 102 valence electrons. The van der Waals surface area contributed by atoms with Crippen molar-refractivity contribution in [1.82, 2.24) is 5.32 Å². The molecule has 0 radical (unpaired) electrons. The van der Waals surface area contributed by atoms with Gasteiger partial charge >= 0.3 is 0 Å². The lowest BCUT2D eigenvalue weighted by molar-refractivity contribution is -0.122. The smallest absolute Gasteiger partial charge is 0.247 e. The Hall–Kier alpha value is -1.46. The lowest BCUT2D eigenvalue weighted by Crippen LogP contribution is -2.37. The van der Waals surface area contributed by atoms with Gasteiger partial charge in [-0.05, 0) is 18.6 Å². The summed E-state index contributed by atoms with van der Waals surface area (Å²) in [6.45, 7) is 0. The van der Waals surface area contributed by atoms with Crippen molar-refractivity contribution < 1.29 is 14.3 Å². The van der Waals surface area contributed by atoms with E-state index in [0.717, 1.165) is 0 Å². The van der Waals surface area contributed by atoms with Crippen LogP contribution < -0.4 is 15.4 Å². The fourth-order valence-corrected chi connectivity index (χ4v) is 2.46. The van der Waals surface area contributed by atoms with Gasteiger partial charge in [-0.15, -0.1) is 0 Å². The molecule has 5 nitrogen and oxygen atoms in total. The molecular weight excluding hydrogens is 291 g/mol. The highest BCUT2D eigenvalue weighted by molar-refractivity contribution is 6.36. The first-order valence-electron chi connectivity index (χ1n) is 5.64. The van der Waals surface area contributed by atoms with E-state index >= 15 is 0 Å². The quantitative estimate of drug-likeness (QED) is 0.899. The Balaban J connectivity index is 2.18. The molecular formula is C12H12Cl2N2O3. The van der Waals surface area contributed by atoms with Crippen LogP contribution in [0.2, 0.25) is 10.0 Å². The van der Waals surface area contributed by atoms with Crippen LogP contribution in [0.5, 0.6) is 5.75 Å². The Morgan fingerprint density at radius 1 is 1.47 bits per heavy atom. The lowest BCUT2D eigenvalue weighted by atomic mass is 10.2. The normalized spacial score (nSPS) is 18.1. The SMILES string of the molecule is COc1c(Cl)cc(Cl)cc1NC(=O)C1CCC(=O)N1. The number of amides is 2. The number of methoxy groups -OCH3 is 1. The number of halogens is 2. The van der Waals surface area contributed by atoms with Gasteiger partial charge in [0.1, 0.15) is 6.04 Å². The first kappa shape index (κ1) is 14.0. The van der Waals surface area contributed by atoms with Crippen molar-refractivity contribution in [3.05, 3.63) is 22.2 Å². The van der Waals surface area contributed by atoms with Crippen LogP contribution in [0, 0.1) is 0 Å². The van der Waals surface area contributed by atoms with E-state index in [-0.39, 0.29) is 11.8 Å². The number of anilines is 1. The highest BCUT2D eigenvalue weighted by Crippen LogP contribution is 2.36. The molecule has 0 bridgehead atoms. The first-order valence-corrected chi connectivity index (χ1v) is 6.40. The fourth-order valence-electron chi connectivity index (χ4n) is 1.89. The molecule has 2 N–H and O–H groups in total. The van der Waals surface area contributed by atoms with Crippen LogP contribution in [0.4, 0.5) is 5.69 Å². The zero-order valence-corrected chi connectivity index (χ0v) is 11.6. The highest BCUT2D eigenvalue weighted by atomic mass is 35.5. The van der Waals surface area contributed by atoms with Gasteiger partial charge in [-0.25, -0.2) is 0 Å². The second kappa shape index (κ2) is 5.67. The van der Waals surface area contributed by atoms with E-state index in [4.69, 9.17) is 27.9 Å². The molecule has 0 aromatic heterocycles. The van der Waals surface area contributed by atoms with Gasteiger partial charge in [0, 0.05) is 11.4 Å². The van der Waals surface area contributed by atoms with Crippen molar-refractivity contribution in [2.24, 2.45) is 0 Å². The van der Waals surface area contributed by atoms with Gasteiger partial charge in [0.15, 0.2) is 5.75 Å². The number of hydrogen-bond acceptors (Lipinski definition) is 3. The first-order chi connectivity index (χ1) is 9.01. The van der Waals surface area contributed by atoms with Crippen molar-refractivity contribution in [2.75, 3.05) is 12.4 Å². The molecule has 2 rings (SSSR count). The minimum absolute atomic E-state index is 0.128. The number of carbonyl (C=O) groups is 2. The van der Waals surface area contributed by atoms with E-state index < -0.39 is 6.04 Å². The van der Waals surface area contributed by atoms with Crippen LogP contribution in [0.15, 0.2) is 12.1 Å². The topological polar surface area (TPSA) is 67.4 Å². The van der Waals surface area contributed by atoms with Crippen LogP contribution in [0.1, 0.15) is 12.8 Å². The molecule has 1 aliphatic heterocycles. The average molecular weight is 303 g/mol. The molecule has 0 spiro atoms. The molecule has 0 saturated carbocycles. The summed E-state index contributed by atoms with van der Waals surface area (Å²) in [5.41, 5.74) is 0.381. The van der Waals surface area contributed by atoms with Crippen molar-refractivity contribution in [3.8, 4) is 5.75 Å². The van der Waals surface area contributed by atoms with Crippen LogP contribution in [0.25, 0.3) is 0 Å². The minimum Gasteiger partial charge on any atom is -0.493 e.